The molecule has 7 heteroatoms. The zero-order chi connectivity index (χ0) is 19.5. The van der Waals surface area contributed by atoms with Crippen molar-refractivity contribution >= 4 is 34.0 Å². The molecule has 0 unspecified atom stereocenters. The molecule has 3 aromatic rings. The van der Waals surface area contributed by atoms with Gasteiger partial charge in [-0.05, 0) is 48.7 Å². The monoisotopic (exact) mass is 395 g/mol. The number of hydrogen-bond acceptors (Lipinski definition) is 4. The molecule has 0 fully saturated rings. The number of fused-ring (bicyclic) bond motifs is 1. The molecule has 2 aromatic carbocycles. The van der Waals surface area contributed by atoms with Crippen LogP contribution in [0.15, 0.2) is 53.9 Å². The Bertz CT molecular complexity index is 1020. The van der Waals surface area contributed by atoms with Crippen molar-refractivity contribution in [3.8, 4) is 0 Å². The molecule has 1 N–H and O–H groups in total. The number of aromatic nitrogens is 1. The van der Waals surface area contributed by atoms with E-state index >= 15 is 0 Å². The van der Waals surface area contributed by atoms with E-state index in [4.69, 9.17) is 0 Å². The van der Waals surface area contributed by atoms with Gasteiger partial charge in [-0.2, -0.15) is 0 Å². The minimum atomic E-state index is -0.397. The number of carbonyl (C=O) groups excluding carboxylic acids is 2. The lowest BCUT2D eigenvalue weighted by molar-refractivity contribution is -0.118. The molecular formula is C21H18FN3O2S. The zero-order valence-corrected chi connectivity index (χ0v) is 15.8. The van der Waals surface area contributed by atoms with Crippen LogP contribution in [0.5, 0.6) is 0 Å². The van der Waals surface area contributed by atoms with Gasteiger partial charge in [0, 0.05) is 23.2 Å². The zero-order valence-electron chi connectivity index (χ0n) is 15.0. The number of nitrogens with one attached hydrogen (secondary N) is 1. The second-order valence-electron chi connectivity index (χ2n) is 6.56. The van der Waals surface area contributed by atoms with E-state index in [1.54, 1.807) is 5.38 Å². The molecule has 4 rings (SSSR count). The Hall–Kier alpha value is -3.06. The maximum Gasteiger partial charge on any atom is 0.257 e. The van der Waals surface area contributed by atoms with Crippen LogP contribution in [0.3, 0.4) is 0 Å². The molecule has 0 bridgehead atoms. The van der Waals surface area contributed by atoms with Gasteiger partial charge >= 0.3 is 0 Å². The van der Waals surface area contributed by atoms with E-state index in [1.807, 2.05) is 23.1 Å². The summed E-state index contributed by atoms with van der Waals surface area (Å²) in [6.07, 6.45) is 2.10. The average Bonchev–Trinajstić information content (AvgIpc) is 3.14. The van der Waals surface area contributed by atoms with Crippen molar-refractivity contribution in [2.75, 3.05) is 16.8 Å². The smallest absolute Gasteiger partial charge is 0.257 e. The molecule has 2 amide bonds. The van der Waals surface area contributed by atoms with Crippen LogP contribution in [0.4, 0.5) is 15.2 Å². The molecule has 0 atom stereocenters. The molecule has 1 aliphatic heterocycles. The van der Waals surface area contributed by atoms with Gasteiger partial charge in [-0.3, -0.25) is 14.9 Å². The molecule has 0 spiro atoms. The van der Waals surface area contributed by atoms with Crippen LogP contribution in [-0.2, 0) is 17.6 Å². The molecule has 1 aromatic heterocycles. The normalized spacial score (nSPS) is 13.1. The van der Waals surface area contributed by atoms with Gasteiger partial charge in [0.05, 0.1) is 12.1 Å². The van der Waals surface area contributed by atoms with Crippen LogP contribution < -0.4 is 10.2 Å². The van der Waals surface area contributed by atoms with Crippen LogP contribution in [0.1, 0.15) is 28.0 Å². The number of amides is 2. The molecule has 0 aliphatic carbocycles. The number of benzene rings is 2. The van der Waals surface area contributed by atoms with Gasteiger partial charge < -0.3 is 4.90 Å². The van der Waals surface area contributed by atoms with Gasteiger partial charge in [0.25, 0.3) is 5.91 Å². The number of thiazole rings is 1. The Morgan fingerprint density at radius 3 is 2.75 bits per heavy atom. The molecule has 0 radical (unpaired) electrons. The van der Waals surface area contributed by atoms with E-state index < -0.39 is 5.82 Å². The number of halogens is 1. The first kappa shape index (κ1) is 18.3. The Labute approximate surface area is 165 Å². The molecule has 5 nitrogen and oxygen atoms in total. The van der Waals surface area contributed by atoms with Gasteiger partial charge in [-0.1, -0.05) is 18.2 Å². The lowest BCUT2D eigenvalue weighted by Crippen LogP contribution is -2.36. The number of carbonyl (C=O) groups is 2. The van der Waals surface area contributed by atoms with Gasteiger partial charge in [0.1, 0.15) is 5.82 Å². The van der Waals surface area contributed by atoms with Crippen molar-refractivity contribution in [1.29, 1.82) is 0 Å². The van der Waals surface area contributed by atoms with Gasteiger partial charge in [-0.25, -0.2) is 9.37 Å². The molecular weight excluding hydrogens is 377 g/mol. The van der Waals surface area contributed by atoms with E-state index in [-0.39, 0.29) is 18.2 Å². The van der Waals surface area contributed by atoms with Crippen LogP contribution in [0.25, 0.3) is 0 Å². The number of hydrogen-bond donors (Lipinski definition) is 1. The summed E-state index contributed by atoms with van der Waals surface area (Å²) in [6.45, 7) is 0.703. The topological polar surface area (TPSA) is 62.3 Å². The summed E-state index contributed by atoms with van der Waals surface area (Å²) in [6, 6.07) is 13.3. The first-order chi connectivity index (χ1) is 13.6. The maximum atomic E-state index is 13.0. The SMILES string of the molecule is O=C(Nc1nc(CC(=O)N2CCCc3ccccc32)cs1)c1ccc(F)cc1. The minimum absolute atomic E-state index is 0.00568. The molecule has 2 heterocycles. The quantitative estimate of drug-likeness (QED) is 0.725. The van der Waals surface area contributed by atoms with Crippen molar-refractivity contribution in [3.63, 3.8) is 0 Å². The van der Waals surface area contributed by atoms with E-state index in [2.05, 4.69) is 16.4 Å². The first-order valence-electron chi connectivity index (χ1n) is 9.00. The summed E-state index contributed by atoms with van der Waals surface area (Å²) >= 11 is 1.26. The van der Waals surface area contributed by atoms with E-state index in [0.29, 0.717) is 22.9 Å². The van der Waals surface area contributed by atoms with Crippen LogP contribution in [0.2, 0.25) is 0 Å². The summed E-state index contributed by atoms with van der Waals surface area (Å²) < 4.78 is 13.0. The number of anilines is 2. The number of para-hydroxylation sites is 1. The number of rotatable bonds is 4. The third-order valence-electron chi connectivity index (χ3n) is 4.62. The molecule has 0 saturated heterocycles. The van der Waals surface area contributed by atoms with Crippen LogP contribution >= 0.6 is 11.3 Å². The highest BCUT2D eigenvalue weighted by Crippen LogP contribution is 2.27. The van der Waals surface area contributed by atoms with Crippen molar-refractivity contribution < 1.29 is 14.0 Å². The lowest BCUT2D eigenvalue weighted by Gasteiger charge is -2.29. The van der Waals surface area contributed by atoms with Crippen molar-refractivity contribution in [2.24, 2.45) is 0 Å². The predicted octanol–water partition coefficient (Wildman–Crippen LogP) is 4.06. The Balaban J connectivity index is 1.42. The number of nitrogens with zero attached hydrogens (tertiary/aromatic N) is 2. The summed E-state index contributed by atoms with van der Waals surface area (Å²) in [5, 5.41) is 4.87. The summed E-state index contributed by atoms with van der Waals surface area (Å²) in [5.41, 5.74) is 3.12. The van der Waals surface area contributed by atoms with Crippen molar-refractivity contribution in [2.45, 2.75) is 19.3 Å². The van der Waals surface area contributed by atoms with Gasteiger partial charge in [-0.15, -0.1) is 11.3 Å². The van der Waals surface area contributed by atoms with E-state index in [0.717, 1.165) is 18.5 Å². The summed E-state index contributed by atoms with van der Waals surface area (Å²) in [5.74, 6) is -0.767. The average molecular weight is 395 g/mol. The summed E-state index contributed by atoms with van der Waals surface area (Å²) in [4.78, 5) is 31.1. The second-order valence-corrected chi connectivity index (χ2v) is 7.42. The van der Waals surface area contributed by atoms with Crippen molar-refractivity contribution in [1.82, 2.24) is 4.98 Å². The van der Waals surface area contributed by atoms with Gasteiger partial charge in [0.2, 0.25) is 5.91 Å². The Morgan fingerprint density at radius 1 is 1.14 bits per heavy atom. The van der Waals surface area contributed by atoms with Crippen LogP contribution in [-0.4, -0.2) is 23.3 Å². The second kappa shape index (κ2) is 7.90. The Morgan fingerprint density at radius 2 is 1.93 bits per heavy atom. The fourth-order valence-electron chi connectivity index (χ4n) is 3.26. The maximum absolute atomic E-state index is 13.0. The summed E-state index contributed by atoms with van der Waals surface area (Å²) in [7, 11) is 0. The Kier molecular flexibility index (Phi) is 5.16. The third kappa shape index (κ3) is 3.94. The van der Waals surface area contributed by atoms with E-state index in [9.17, 15) is 14.0 Å². The standard InChI is InChI=1S/C21H18FN3O2S/c22-16-9-7-15(8-10-16)20(27)24-21-23-17(13-28-21)12-19(26)25-11-3-5-14-4-1-2-6-18(14)25/h1-2,4,6-10,13H,3,5,11-12H2,(H,23,24,27). The first-order valence-corrected chi connectivity index (χ1v) is 9.88. The molecule has 1 aliphatic rings. The highest BCUT2D eigenvalue weighted by atomic mass is 32.1. The van der Waals surface area contributed by atoms with Crippen LogP contribution in [0, 0.1) is 5.82 Å². The van der Waals surface area contributed by atoms with Crippen molar-refractivity contribution in [3.05, 3.63) is 76.5 Å². The molecule has 142 valence electrons. The highest BCUT2D eigenvalue weighted by molar-refractivity contribution is 7.14. The minimum Gasteiger partial charge on any atom is -0.312 e. The molecule has 28 heavy (non-hydrogen) atoms. The molecule has 0 saturated carbocycles. The predicted molar refractivity (Wildman–Crippen MR) is 107 cm³/mol. The van der Waals surface area contributed by atoms with E-state index in [1.165, 1.54) is 41.2 Å². The fraction of sp³-hybridized carbons (Fsp3) is 0.190. The lowest BCUT2D eigenvalue weighted by atomic mass is 10.0. The largest absolute Gasteiger partial charge is 0.312 e. The van der Waals surface area contributed by atoms with Gasteiger partial charge in [0.15, 0.2) is 5.13 Å². The third-order valence-corrected chi connectivity index (χ3v) is 5.43. The highest BCUT2D eigenvalue weighted by Gasteiger charge is 2.23. The fourth-order valence-corrected chi connectivity index (χ4v) is 3.96. The number of aryl methyl sites for hydroxylation is 1.